The lowest BCUT2D eigenvalue weighted by atomic mass is 10.1. The number of unbranched alkanes of at least 4 members (excludes halogenated alkanes) is 3. The first kappa shape index (κ1) is 12.6. The standard InChI is InChI=1S/C11H22O2/c1-3-5-7-8-11(12)10-13-9-6-4-2/h3-10H2,1-2H3. The first-order valence-corrected chi connectivity index (χ1v) is 5.40. The van der Waals surface area contributed by atoms with E-state index in [-0.39, 0.29) is 5.78 Å². The normalized spacial score (nSPS) is 10.3. The van der Waals surface area contributed by atoms with Crippen molar-refractivity contribution in [3.8, 4) is 0 Å². The van der Waals surface area contributed by atoms with Crippen LogP contribution in [-0.4, -0.2) is 19.0 Å². The van der Waals surface area contributed by atoms with E-state index < -0.39 is 0 Å². The molecule has 0 aliphatic heterocycles. The molecule has 0 aromatic carbocycles. The van der Waals surface area contributed by atoms with Crippen molar-refractivity contribution >= 4 is 5.78 Å². The third-order valence-corrected chi connectivity index (χ3v) is 1.96. The summed E-state index contributed by atoms with van der Waals surface area (Å²) in [6.45, 7) is 5.31. The van der Waals surface area contributed by atoms with Crippen LogP contribution >= 0.6 is 0 Å². The van der Waals surface area contributed by atoms with Gasteiger partial charge >= 0.3 is 0 Å². The zero-order valence-electron chi connectivity index (χ0n) is 8.97. The molecule has 0 aromatic rings. The van der Waals surface area contributed by atoms with Gasteiger partial charge in [-0.05, 0) is 12.8 Å². The van der Waals surface area contributed by atoms with Gasteiger partial charge in [-0.2, -0.15) is 0 Å². The smallest absolute Gasteiger partial charge is 0.158 e. The Bertz CT molecular complexity index is 121. The monoisotopic (exact) mass is 186 g/mol. The molecule has 0 saturated carbocycles. The second kappa shape index (κ2) is 9.72. The summed E-state index contributed by atoms with van der Waals surface area (Å²) in [4.78, 5) is 11.2. The maximum atomic E-state index is 11.2. The maximum Gasteiger partial charge on any atom is 0.158 e. The highest BCUT2D eigenvalue weighted by atomic mass is 16.5. The molecular formula is C11H22O2. The topological polar surface area (TPSA) is 26.3 Å². The molecule has 0 unspecified atom stereocenters. The molecule has 0 aromatic heterocycles. The van der Waals surface area contributed by atoms with Crippen molar-refractivity contribution < 1.29 is 9.53 Å². The summed E-state index contributed by atoms with van der Waals surface area (Å²) < 4.78 is 5.22. The Morgan fingerprint density at radius 2 is 1.77 bits per heavy atom. The minimum Gasteiger partial charge on any atom is -0.374 e. The van der Waals surface area contributed by atoms with Crippen LogP contribution in [0.4, 0.5) is 0 Å². The highest BCUT2D eigenvalue weighted by Crippen LogP contribution is 2.00. The molecule has 13 heavy (non-hydrogen) atoms. The van der Waals surface area contributed by atoms with Crippen molar-refractivity contribution in [1.29, 1.82) is 0 Å². The van der Waals surface area contributed by atoms with E-state index in [4.69, 9.17) is 4.74 Å². The Morgan fingerprint density at radius 3 is 2.38 bits per heavy atom. The van der Waals surface area contributed by atoms with Crippen LogP contribution in [0.1, 0.15) is 52.4 Å². The number of hydrogen-bond acceptors (Lipinski definition) is 2. The van der Waals surface area contributed by atoms with E-state index in [1.165, 1.54) is 6.42 Å². The van der Waals surface area contributed by atoms with Gasteiger partial charge in [-0.15, -0.1) is 0 Å². The van der Waals surface area contributed by atoms with E-state index in [0.29, 0.717) is 13.0 Å². The summed E-state index contributed by atoms with van der Waals surface area (Å²) in [6.07, 6.45) is 6.23. The fraction of sp³-hybridized carbons (Fsp3) is 0.909. The van der Waals surface area contributed by atoms with E-state index >= 15 is 0 Å². The molecule has 78 valence electrons. The fourth-order valence-corrected chi connectivity index (χ4v) is 1.08. The summed E-state index contributed by atoms with van der Waals surface area (Å²) >= 11 is 0. The predicted octanol–water partition coefficient (Wildman–Crippen LogP) is 2.95. The van der Waals surface area contributed by atoms with Crippen molar-refractivity contribution in [2.75, 3.05) is 13.2 Å². The molecule has 0 spiro atoms. The molecular weight excluding hydrogens is 164 g/mol. The average molecular weight is 186 g/mol. The SMILES string of the molecule is CCCCCC(=O)COCCCC. The summed E-state index contributed by atoms with van der Waals surface area (Å²) in [7, 11) is 0. The van der Waals surface area contributed by atoms with Crippen molar-refractivity contribution in [3.05, 3.63) is 0 Å². The van der Waals surface area contributed by atoms with Gasteiger partial charge in [0.1, 0.15) is 6.61 Å². The predicted molar refractivity (Wildman–Crippen MR) is 54.9 cm³/mol. The Balaban J connectivity index is 3.11. The van der Waals surface area contributed by atoms with Crippen molar-refractivity contribution in [2.24, 2.45) is 0 Å². The lowest BCUT2D eigenvalue weighted by molar-refractivity contribution is -0.123. The molecule has 0 radical (unpaired) electrons. The minimum atomic E-state index is 0.254. The zero-order chi connectivity index (χ0) is 9.94. The van der Waals surface area contributed by atoms with Crippen LogP contribution in [0.2, 0.25) is 0 Å². The van der Waals surface area contributed by atoms with Crippen molar-refractivity contribution in [1.82, 2.24) is 0 Å². The third kappa shape index (κ3) is 9.54. The van der Waals surface area contributed by atoms with Crippen LogP contribution in [0.25, 0.3) is 0 Å². The Morgan fingerprint density at radius 1 is 1.08 bits per heavy atom. The van der Waals surface area contributed by atoms with Gasteiger partial charge in [0.05, 0.1) is 0 Å². The molecule has 2 nitrogen and oxygen atoms in total. The lowest BCUT2D eigenvalue weighted by Crippen LogP contribution is -2.08. The van der Waals surface area contributed by atoms with Gasteiger partial charge in [0.15, 0.2) is 5.78 Å². The van der Waals surface area contributed by atoms with Gasteiger partial charge in [0.25, 0.3) is 0 Å². The summed E-state index contributed by atoms with van der Waals surface area (Å²) in [5, 5.41) is 0. The number of Topliss-reactive ketones (excluding diaryl/α,β-unsaturated/α-hetero) is 1. The summed E-state index contributed by atoms with van der Waals surface area (Å²) in [5.41, 5.74) is 0. The van der Waals surface area contributed by atoms with Crippen LogP contribution in [0.15, 0.2) is 0 Å². The van der Waals surface area contributed by atoms with E-state index in [9.17, 15) is 4.79 Å². The average Bonchev–Trinajstić information content (AvgIpc) is 2.13. The summed E-state index contributed by atoms with van der Waals surface area (Å²) in [6, 6.07) is 0. The first-order chi connectivity index (χ1) is 6.31. The summed E-state index contributed by atoms with van der Waals surface area (Å²) in [5.74, 6) is 0.254. The van der Waals surface area contributed by atoms with Crippen molar-refractivity contribution in [3.63, 3.8) is 0 Å². The van der Waals surface area contributed by atoms with Crippen LogP contribution in [0, 0.1) is 0 Å². The molecule has 0 atom stereocenters. The lowest BCUT2D eigenvalue weighted by Gasteiger charge is -2.01. The molecule has 0 N–H and O–H groups in total. The maximum absolute atomic E-state index is 11.2. The quantitative estimate of drug-likeness (QED) is 0.517. The number of rotatable bonds is 9. The number of ketones is 1. The molecule has 0 heterocycles. The Labute approximate surface area is 81.7 Å². The fourth-order valence-electron chi connectivity index (χ4n) is 1.08. The second-order valence-electron chi connectivity index (χ2n) is 3.40. The first-order valence-electron chi connectivity index (χ1n) is 5.40. The highest BCUT2D eigenvalue weighted by Gasteiger charge is 2.00. The van der Waals surface area contributed by atoms with Gasteiger partial charge in [-0.25, -0.2) is 0 Å². The van der Waals surface area contributed by atoms with Crippen molar-refractivity contribution in [2.45, 2.75) is 52.4 Å². The van der Waals surface area contributed by atoms with E-state index in [1.807, 2.05) is 0 Å². The van der Waals surface area contributed by atoms with Crippen LogP contribution in [0.5, 0.6) is 0 Å². The molecule has 0 amide bonds. The zero-order valence-corrected chi connectivity index (χ0v) is 8.97. The van der Waals surface area contributed by atoms with Gasteiger partial charge in [-0.3, -0.25) is 4.79 Å². The Kier molecular flexibility index (Phi) is 9.44. The molecule has 0 aliphatic carbocycles. The molecule has 2 heteroatoms. The highest BCUT2D eigenvalue weighted by molar-refractivity contribution is 5.79. The minimum absolute atomic E-state index is 0.254. The van der Waals surface area contributed by atoms with Crippen LogP contribution < -0.4 is 0 Å². The third-order valence-electron chi connectivity index (χ3n) is 1.96. The largest absolute Gasteiger partial charge is 0.374 e. The van der Waals surface area contributed by atoms with Gasteiger partial charge in [0, 0.05) is 13.0 Å². The van der Waals surface area contributed by atoms with Gasteiger partial charge < -0.3 is 4.74 Å². The molecule has 0 saturated heterocycles. The molecule has 0 fully saturated rings. The van der Waals surface area contributed by atoms with Gasteiger partial charge in [0.2, 0.25) is 0 Å². The van der Waals surface area contributed by atoms with Gasteiger partial charge in [-0.1, -0.05) is 33.1 Å². The van der Waals surface area contributed by atoms with E-state index in [0.717, 1.165) is 32.3 Å². The van der Waals surface area contributed by atoms with Crippen LogP contribution in [-0.2, 0) is 9.53 Å². The number of carbonyl (C=O) groups is 1. The number of carbonyl (C=O) groups excluding carboxylic acids is 1. The molecule has 0 aliphatic rings. The molecule has 0 bridgehead atoms. The Hall–Kier alpha value is -0.370. The van der Waals surface area contributed by atoms with E-state index in [1.54, 1.807) is 0 Å². The van der Waals surface area contributed by atoms with E-state index in [2.05, 4.69) is 13.8 Å². The van der Waals surface area contributed by atoms with Crippen LogP contribution in [0.3, 0.4) is 0 Å². The number of hydrogen-bond donors (Lipinski definition) is 0. The molecule has 0 rings (SSSR count). The number of ether oxygens (including phenoxy) is 1. The second-order valence-corrected chi connectivity index (χ2v) is 3.40.